The van der Waals surface area contributed by atoms with Crippen molar-refractivity contribution in [2.75, 3.05) is 0 Å². The molecule has 5 nitrogen and oxygen atoms in total. The number of benzene rings is 6. The Labute approximate surface area is 258 Å². The summed E-state index contributed by atoms with van der Waals surface area (Å²) in [7, 11) is 0. The molecule has 6 aromatic carbocycles. The van der Waals surface area contributed by atoms with Crippen molar-refractivity contribution in [2.24, 2.45) is 4.99 Å². The molecule has 8 aromatic rings. The summed E-state index contributed by atoms with van der Waals surface area (Å²) in [4.78, 5) is 9.72. The van der Waals surface area contributed by atoms with Crippen molar-refractivity contribution in [3.63, 3.8) is 0 Å². The lowest BCUT2D eigenvalue weighted by atomic mass is 9.98. The van der Waals surface area contributed by atoms with Gasteiger partial charge in [-0.05, 0) is 79.2 Å². The zero-order chi connectivity index (χ0) is 29.5. The van der Waals surface area contributed by atoms with Crippen LogP contribution in [0, 0.1) is 0 Å². The molecule has 212 valence electrons. The molecule has 10 rings (SSSR count). The molecule has 2 unspecified atom stereocenters. The highest BCUT2D eigenvalue weighted by molar-refractivity contribution is 6.18. The summed E-state index contributed by atoms with van der Waals surface area (Å²) >= 11 is 0. The lowest BCUT2D eigenvalue weighted by Crippen LogP contribution is -2.45. The molecular weight excluding hydrogens is 552 g/mol. The first-order chi connectivity index (χ1) is 22.3. The molecule has 5 heteroatoms. The standard InChI is InChI=1S/C40H26N4O/c1-2-7-25-20-26(15-14-23(25)6-1)38-42-39(27-16-17-28-29-10-3-8-24-9-4-11-30(36(24)29)32(28)21-27)44-40(43-38)31-12-5-13-35-37(31)33-22-41-19-18-34(33)45-35/h1-22,38-39,42H,(H,43,44). The normalized spacial score (nSPS) is 17.1. The minimum Gasteiger partial charge on any atom is -0.456 e. The molecule has 2 aliphatic rings. The lowest BCUT2D eigenvalue weighted by Gasteiger charge is -2.32. The SMILES string of the molecule is c1ccc2cc(C3N=C(c4cccc5oc6ccncc6c45)NC(c4ccc5c(c4)-c4cccc6cccc-5c46)N3)ccc2c1. The summed E-state index contributed by atoms with van der Waals surface area (Å²) in [6.07, 6.45) is 3.19. The van der Waals surface area contributed by atoms with Crippen LogP contribution in [0.5, 0.6) is 0 Å². The molecule has 1 aliphatic carbocycles. The van der Waals surface area contributed by atoms with Crippen molar-refractivity contribution in [1.82, 2.24) is 15.6 Å². The Morgan fingerprint density at radius 1 is 0.556 bits per heavy atom. The van der Waals surface area contributed by atoms with Crippen molar-refractivity contribution in [1.29, 1.82) is 0 Å². The van der Waals surface area contributed by atoms with Gasteiger partial charge in [-0.3, -0.25) is 10.3 Å². The van der Waals surface area contributed by atoms with Crippen molar-refractivity contribution >= 4 is 49.3 Å². The number of hydrogen-bond donors (Lipinski definition) is 2. The van der Waals surface area contributed by atoms with E-state index < -0.39 is 0 Å². The van der Waals surface area contributed by atoms with E-state index in [-0.39, 0.29) is 12.3 Å². The van der Waals surface area contributed by atoms with E-state index in [0.717, 1.165) is 44.5 Å². The fraction of sp³-hybridized carbons (Fsp3) is 0.0500. The highest BCUT2D eigenvalue weighted by atomic mass is 16.3. The van der Waals surface area contributed by atoms with Gasteiger partial charge < -0.3 is 9.73 Å². The molecular formula is C40H26N4O. The van der Waals surface area contributed by atoms with Crippen LogP contribution in [0.1, 0.15) is 29.0 Å². The second kappa shape index (κ2) is 9.36. The van der Waals surface area contributed by atoms with Gasteiger partial charge in [-0.25, -0.2) is 4.99 Å². The van der Waals surface area contributed by atoms with Gasteiger partial charge >= 0.3 is 0 Å². The first-order valence-corrected chi connectivity index (χ1v) is 15.3. The number of nitrogens with zero attached hydrogens (tertiary/aromatic N) is 2. The van der Waals surface area contributed by atoms with Crippen LogP contribution in [0.4, 0.5) is 0 Å². The topological polar surface area (TPSA) is 62.5 Å². The highest BCUT2D eigenvalue weighted by Gasteiger charge is 2.29. The number of amidine groups is 1. The first-order valence-electron chi connectivity index (χ1n) is 15.3. The van der Waals surface area contributed by atoms with Crippen molar-refractivity contribution in [3.8, 4) is 22.3 Å². The fourth-order valence-electron chi connectivity index (χ4n) is 7.27. The number of nitrogens with one attached hydrogen (secondary N) is 2. The van der Waals surface area contributed by atoms with Gasteiger partial charge in [0.05, 0.1) is 0 Å². The van der Waals surface area contributed by atoms with Gasteiger partial charge in [-0.1, -0.05) is 97.1 Å². The second-order valence-electron chi connectivity index (χ2n) is 11.9. The maximum atomic E-state index is 6.23. The van der Waals surface area contributed by atoms with E-state index >= 15 is 0 Å². The van der Waals surface area contributed by atoms with Crippen molar-refractivity contribution in [2.45, 2.75) is 12.3 Å². The Bertz CT molecular complexity index is 2520. The van der Waals surface area contributed by atoms with Crippen LogP contribution in [0.2, 0.25) is 0 Å². The Morgan fingerprint density at radius 2 is 1.33 bits per heavy atom. The van der Waals surface area contributed by atoms with E-state index in [1.165, 1.54) is 43.8 Å². The largest absolute Gasteiger partial charge is 0.456 e. The number of furan rings is 1. The van der Waals surface area contributed by atoms with Crippen LogP contribution < -0.4 is 10.6 Å². The van der Waals surface area contributed by atoms with E-state index in [4.69, 9.17) is 9.41 Å². The average molecular weight is 579 g/mol. The number of hydrogen-bond acceptors (Lipinski definition) is 5. The number of rotatable bonds is 3. The van der Waals surface area contributed by atoms with Crippen LogP contribution in [-0.2, 0) is 0 Å². The molecule has 2 aromatic heterocycles. The summed E-state index contributed by atoms with van der Waals surface area (Å²) in [5, 5.41) is 14.6. The van der Waals surface area contributed by atoms with E-state index in [1.807, 2.05) is 24.4 Å². The van der Waals surface area contributed by atoms with Gasteiger partial charge in [0, 0.05) is 28.7 Å². The average Bonchev–Trinajstić information content (AvgIpc) is 3.65. The summed E-state index contributed by atoms with van der Waals surface area (Å²) in [5.74, 6) is 0.819. The van der Waals surface area contributed by atoms with Crippen LogP contribution in [0.25, 0.3) is 65.7 Å². The second-order valence-corrected chi connectivity index (χ2v) is 11.9. The monoisotopic (exact) mass is 578 g/mol. The maximum absolute atomic E-state index is 6.23. The van der Waals surface area contributed by atoms with Gasteiger partial charge in [-0.2, -0.15) is 0 Å². The molecule has 0 amide bonds. The van der Waals surface area contributed by atoms with Crippen LogP contribution in [0.15, 0.2) is 143 Å². The summed E-state index contributed by atoms with van der Waals surface area (Å²) in [5.41, 5.74) is 10.0. The third-order valence-electron chi connectivity index (χ3n) is 9.37. The molecule has 0 radical (unpaired) electrons. The Balaban J connectivity index is 1.14. The molecule has 2 atom stereocenters. The maximum Gasteiger partial charge on any atom is 0.138 e. The minimum absolute atomic E-state index is 0.186. The quantitative estimate of drug-likeness (QED) is 0.219. The van der Waals surface area contributed by atoms with Gasteiger partial charge in [0.25, 0.3) is 0 Å². The number of fused-ring (bicyclic) bond motifs is 7. The molecule has 1 aliphatic heterocycles. The van der Waals surface area contributed by atoms with Crippen LogP contribution in [-0.4, -0.2) is 10.8 Å². The highest BCUT2D eigenvalue weighted by Crippen LogP contribution is 2.48. The van der Waals surface area contributed by atoms with Gasteiger partial charge in [-0.15, -0.1) is 0 Å². The van der Waals surface area contributed by atoms with E-state index in [0.29, 0.717) is 0 Å². The van der Waals surface area contributed by atoms with E-state index in [1.54, 1.807) is 6.20 Å². The van der Waals surface area contributed by atoms with E-state index in [9.17, 15) is 0 Å². The molecule has 0 saturated carbocycles. The van der Waals surface area contributed by atoms with Gasteiger partial charge in [0.2, 0.25) is 0 Å². The number of pyridine rings is 1. The smallest absolute Gasteiger partial charge is 0.138 e. The zero-order valence-electron chi connectivity index (χ0n) is 24.2. The molecule has 0 spiro atoms. The summed E-state index contributed by atoms with van der Waals surface area (Å²) < 4.78 is 6.23. The third kappa shape index (κ3) is 3.71. The Hall–Kier alpha value is -5.78. The van der Waals surface area contributed by atoms with E-state index in [2.05, 4.69) is 119 Å². The molecule has 0 bridgehead atoms. The number of aromatic nitrogens is 1. The summed E-state index contributed by atoms with van der Waals surface area (Å²) in [6.45, 7) is 0. The molecule has 0 fully saturated rings. The van der Waals surface area contributed by atoms with Crippen molar-refractivity contribution < 1.29 is 4.42 Å². The van der Waals surface area contributed by atoms with Crippen LogP contribution in [0.3, 0.4) is 0 Å². The summed E-state index contributed by atoms with van der Waals surface area (Å²) in [6, 6.07) is 43.2. The predicted octanol–water partition coefficient (Wildman–Crippen LogP) is 9.27. The Kier molecular flexibility index (Phi) is 5.12. The zero-order valence-corrected chi connectivity index (χ0v) is 24.2. The van der Waals surface area contributed by atoms with Gasteiger partial charge in [0.1, 0.15) is 29.3 Å². The van der Waals surface area contributed by atoms with Gasteiger partial charge in [0.15, 0.2) is 0 Å². The molecule has 2 N–H and O–H groups in total. The molecule has 0 saturated heterocycles. The van der Waals surface area contributed by atoms with Crippen LogP contribution >= 0.6 is 0 Å². The minimum atomic E-state index is -0.267. The lowest BCUT2D eigenvalue weighted by molar-refractivity contribution is 0.409. The predicted molar refractivity (Wildman–Crippen MR) is 182 cm³/mol. The Morgan fingerprint density at radius 3 is 2.24 bits per heavy atom. The third-order valence-corrected chi connectivity index (χ3v) is 9.37. The molecule has 45 heavy (non-hydrogen) atoms. The first kappa shape index (κ1) is 24.6. The number of aliphatic imine (C=N–C) groups is 1. The molecule has 3 heterocycles. The fourth-order valence-corrected chi connectivity index (χ4v) is 7.27. The van der Waals surface area contributed by atoms with Crippen molar-refractivity contribution in [3.05, 3.63) is 150 Å².